The standard InChI is InChI=1S/C18H30O4/c1-11-7-8-16(22-12(2)19)18(5,21-6)15(20)9-14-13(11)10-17(14,3)4/h13-16,20H,1,7-10H2,2-6H3/t13-,14-,15-,16-,18+/m1/s1. The second kappa shape index (κ2) is 5.97. The van der Waals surface area contributed by atoms with Crippen LogP contribution in [0.2, 0.25) is 0 Å². The molecular formula is C18H30O4. The molecule has 2 aliphatic carbocycles. The van der Waals surface area contributed by atoms with Crippen molar-refractivity contribution < 1.29 is 19.4 Å². The van der Waals surface area contributed by atoms with Crippen molar-refractivity contribution in [3.05, 3.63) is 12.2 Å². The van der Waals surface area contributed by atoms with Gasteiger partial charge in [-0.05, 0) is 49.9 Å². The first-order chi connectivity index (χ1) is 10.1. The monoisotopic (exact) mass is 310 g/mol. The summed E-state index contributed by atoms with van der Waals surface area (Å²) in [6.45, 7) is 12.0. The lowest BCUT2D eigenvalue weighted by molar-refractivity contribution is -0.191. The summed E-state index contributed by atoms with van der Waals surface area (Å²) in [6, 6.07) is 0. The van der Waals surface area contributed by atoms with Crippen molar-refractivity contribution in [2.45, 2.75) is 71.2 Å². The van der Waals surface area contributed by atoms with Crippen molar-refractivity contribution in [1.82, 2.24) is 0 Å². The largest absolute Gasteiger partial charge is 0.459 e. The summed E-state index contributed by atoms with van der Waals surface area (Å²) in [4.78, 5) is 11.5. The third-order valence-electron chi connectivity index (χ3n) is 6.01. The van der Waals surface area contributed by atoms with E-state index in [0.29, 0.717) is 24.7 Å². The molecule has 0 heterocycles. The second-order valence-electron chi connectivity index (χ2n) is 7.84. The fourth-order valence-corrected chi connectivity index (χ4v) is 4.28. The van der Waals surface area contributed by atoms with Gasteiger partial charge in [0.1, 0.15) is 11.7 Å². The number of fused-ring (bicyclic) bond motifs is 1. The lowest BCUT2D eigenvalue weighted by Gasteiger charge is -2.54. The molecule has 2 saturated carbocycles. The molecular weight excluding hydrogens is 280 g/mol. The molecule has 4 heteroatoms. The van der Waals surface area contributed by atoms with E-state index in [1.165, 1.54) is 12.5 Å². The highest BCUT2D eigenvalue weighted by molar-refractivity contribution is 5.66. The molecule has 0 aliphatic heterocycles. The van der Waals surface area contributed by atoms with Gasteiger partial charge in [0, 0.05) is 14.0 Å². The maximum absolute atomic E-state index is 11.5. The summed E-state index contributed by atoms with van der Waals surface area (Å²) in [5.41, 5.74) is 0.547. The Kier molecular flexibility index (Phi) is 4.74. The smallest absolute Gasteiger partial charge is 0.303 e. The number of aliphatic hydroxyl groups excluding tert-OH is 1. The van der Waals surface area contributed by atoms with Crippen LogP contribution in [0.25, 0.3) is 0 Å². The van der Waals surface area contributed by atoms with E-state index in [1.807, 2.05) is 6.92 Å². The summed E-state index contributed by atoms with van der Waals surface area (Å²) < 4.78 is 11.1. The highest BCUT2D eigenvalue weighted by atomic mass is 16.6. The number of hydrogen-bond acceptors (Lipinski definition) is 4. The van der Waals surface area contributed by atoms with E-state index >= 15 is 0 Å². The highest BCUT2D eigenvalue weighted by Crippen LogP contribution is 2.57. The fraction of sp³-hybridized carbons (Fsp3) is 0.833. The zero-order valence-corrected chi connectivity index (χ0v) is 14.5. The zero-order chi connectivity index (χ0) is 16.7. The van der Waals surface area contributed by atoms with Crippen molar-refractivity contribution in [3.8, 4) is 0 Å². The first kappa shape index (κ1) is 17.5. The van der Waals surface area contributed by atoms with Gasteiger partial charge in [-0.1, -0.05) is 26.0 Å². The summed E-state index contributed by atoms with van der Waals surface area (Å²) in [6.07, 6.45) is 2.09. The third kappa shape index (κ3) is 2.95. The van der Waals surface area contributed by atoms with Crippen LogP contribution < -0.4 is 0 Å². The summed E-state index contributed by atoms with van der Waals surface area (Å²) in [5, 5.41) is 10.8. The molecule has 0 bridgehead atoms. The van der Waals surface area contributed by atoms with Crippen molar-refractivity contribution in [2.75, 3.05) is 7.11 Å². The minimum Gasteiger partial charge on any atom is -0.459 e. The minimum absolute atomic E-state index is 0.213. The van der Waals surface area contributed by atoms with Gasteiger partial charge in [0.2, 0.25) is 0 Å². The molecule has 2 rings (SSSR count). The van der Waals surface area contributed by atoms with E-state index < -0.39 is 17.8 Å². The molecule has 0 unspecified atom stereocenters. The SMILES string of the molecule is C=C1CC[C@@H](OC(C)=O)[C@@](C)(OC)[C@H](O)C[C@@H]2[C@@H]1CC2(C)C. The maximum Gasteiger partial charge on any atom is 0.303 e. The van der Waals surface area contributed by atoms with Crippen LogP contribution in [0.1, 0.15) is 53.4 Å². The van der Waals surface area contributed by atoms with Gasteiger partial charge in [-0.3, -0.25) is 4.79 Å². The van der Waals surface area contributed by atoms with E-state index in [-0.39, 0.29) is 11.4 Å². The Hall–Kier alpha value is -0.870. The first-order valence-electron chi connectivity index (χ1n) is 8.20. The molecule has 126 valence electrons. The molecule has 0 aromatic rings. The number of ether oxygens (including phenoxy) is 2. The number of carbonyl (C=O) groups is 1. The number of rotatable bonds is 2. The van der Waals surface area contributed by atoms with Crippen molar-refractivity contribution in [2.24, 2.45) is 17.3 Å². The lowest BCUT2D eigenvalue weighted by Crippen LogP contribution is -2.55. The first-order valence-corrected chi connectivity index (χ1v) is 8.20. The van der Waals surface area contributed by atoms with E-state index in [1.54, 1.807) is 7.11 Å². The fourth-order valence-electron chi connectivity index (χ4n) is 4.28. The predicted molar refractivity (Wildman–Crippen MR) is 85.3 cm³/mol. The minimum atomic E-state index is -0.882. The predicted octanol–water partition coefficient (Wildman–Crippen LogP) is 3.09. The van der Waals surface area contributed by atoms with Crippen LogP contribution in [0.4, 0.5) is 0 Å². The molecule has 0 radical (unpaired) electrons. The average molecular weight is 310 g/mol. The van der Waals surface area contributed by atoms with Gasteiger partial charge >= 0.3 is 5.97 Å². The van der Waals surface area contributed by atoms with Crippen LogP contribution in [0.15, 0.2) is 12.2 Å². The number of aliphatic hydroxyl groups is 1. The third-order valence-corrected chi connectivity index (χ3v) is 6.01. The Bertz CT molecular complexity index is 456. The number of carbonyl (C=O) groups excluding carboxylic acids is 1. The molecule has 2 aliphatic rings. The Balaban J connectivity index is 2.30. The summed E-state index contributed by atoms with van der Waals surface area (Å²) in [7, 11) is 1.58. The normalized spacial score (nSPS) is 41.5. The molecule has 1 N–H and O–H groups in total. The molecule has 22 heavy (non-hydrogen) atoms. The quantitative estimate of drug-likeness (QED) is 0.629. The molecule has 4 nitrogen and oxygen atoms in total. The topological polar surface area (TPSA) is 55.8 Å². The molecule has 0 spiro atoms. The Morgan fingerprint density at radius 2 is 2.00 bits per heavy atom. The van der Waals surface area contributed by atoms with Crippen LogP contribution in [0.5, 0.6) is 0 Å². The van der Waals surface area contributed by atoms with Gasteiger partial charge < -0.3 is 14.6 Å². The van der Waals surface area contributed by atoms with Gasteiger partial charge in [-0.2, -0.15) is 0 Å². The van der Waals surface area contributed by atoms with Gasteiger partial charge in [0.05, 0.1) is 6.10 Å². The highest BCUT2D eigenvalue weighted by Gasteiger charge is 2.53. The molecule has 5 atom stereocenters. The molecule has 0 saturated heterocycles. The van der Waals surface area contributed by atoms with Gasteiger partial charge in [-0.15, -0.1) is 0 Å². The number of esters is 1. The van der Waals surface area contributed by atoms with Crippen molar-refractivity contribution >= 4 is 5.97 Å². The Morgan fingerprint density at radius 3 is 2.50 bits per heavy atom. The maximum atomic E-state index is 11.5. The van der Waals surface area contributed by atoms with E-state index in [4.69, 9.17) is 9.47 Å². The number of allylic oxidation sites excluding steroid dienone is 1. The van der Waals surface area contributed by atoms with Crippen LogP contribution in [0.3, 0.4) is 0 Å². The van der Waals surface area contributed by atoms with Gasteiger partial charge in [-0.25, -0.2) is 0 Å². The van der Waals surface area contributed by atoms with Crippen molar-refractivity contribution in [3.63, 3.8) is 0 Å². The Morgan fingerprint density at radius 1 is 1.36 bits per heavy atom. The van der Waals surface area contributed by atoms with E-state index in [9.17, 15) is 9.90 Å². The van der Waals surface area contributed by atoms with E-state index in [2.05, 4.69) is 20.4 Å². The van der Waals surface area contributed by atoms with Crippen molar-refractivity contribution in [1.29, 1.82) is 0 Å². The van der Waals surface area contributed by atoms with Gasteiger partial charge in [0.15, 0.2) is 0 Å². The van der Waals surface area contributed by atoms with Crippen LogP contribution in [-0.2, 0) is 14.3 Å². The Labute approximate surface area is 133 Å². The molecule has 2 fully saturated rings. The number of methoxy groups -OCH3 is 1. The van der Waals surface area contributed by atoms with Crippen LogP contribution in [-0.4, -0.2) is 36.0 Å². The molecule has 0 amide bonds. The lowest BCUT2D eigenvalue weighted by atomic mass is 9.52. The molecule has 0 aromatic carbocycles. The van der Waals surface area contributed by atoms with Gasteiger partial charge in [0.25, 0.3) is 0 Å². The molecule has 0 aromatic heterocycles. The summed E-state index contributed by atoms with van der Waals surface area (Å²) in [5.74, 6) is 0.524. The second-order valence-corrected chi connectivity index (χ2v) is 7.84. The summed E-state index contributed by atoms with van der Waals surface area (Å²) >= 11 is 0. The number of hydrogen-bond donors (Lipinski definition) is 1. The average Bonchev–Trinajstić information content (AvgIpc) is 2.46. The van der Waals surface area contributed by atoms with E-state index in [0.717, 1.165) is 12.8 Å². The van der Waals surface area contributed by atoms with Crippen LogP contribution >= 0.6 is 0 Å². The zero-order valence-electron chi connectivity index (χ0n) is 14.5. The van der Waals surface area contributed by atoms with Crippen LogP contribution in [0, 0.1) is 17.3 Å².